The predicted octanol–water partition coefficient (Wildman–Crippen LogP) is 3.58. The molecule has 0 saturated carbocycles. The number of hydrogen-bond donors (Lipinski definition) is 1. The standard InChI is InChI=1S/C14H12ClIN2O/c1-9-4-5-17-7-11(9)8-18-14(19)10-2-3-13(16)12(15)6-10/h2-7H,8H2,1H3,(H,18,19). The van der Waals surface area contributed by atoms with Crippen LogP contribution in [-0.4, -0.2) is 10.9 Å². The van der Waals surface area contributed by atoms with Crippen molar-refractivity contribution < 1.29 is 4.79 Å². The van der Waals surface area contributed by atoms with Gasteiger partial charge in [0.2, 0.25) is 0 Å². The maximum atomic E-state index is 12.0. The van der Waals surface area contributed by atoms with Crippen LogP contribution in [0.1, 0.15) is 21.5 Å². The van der Waals surface area contributed by atoms with Gasteiger partial charge in [-0.2, -0.15) is 0 Å². The number of aryl methyl sites for hydroxylation is 1. The molecule has 1 heterocycles. The SMILES string of the molecule is Cc1ccncc1CNC(=O)c1ccc(I)c(Cl)c1. The number of carbonyl (C=O) groups excluding carboxylic acids is 1. The Kier molecular flexibility index (Phi) is 4.76. The molecule has 0 spiro atoms. The van der Waals surface area contributed by atoms with E-state index >= 15 is 0 Å². The van der Waals surface area contributed by atoms with Gasteiger partial charge in [0.25, 0.3) is 5.91 Å². The minimum Gasteiger partial charge on any atom is -0.348 e. The Morgan fingerprint density at radius 1 is 1.42 bits per heavy atom. The number of halogens is 2. The summed E-state index contributed by atoms with van der Waals surface area (Å²) in [5.74, 6) is -0.137. The third kappa shape index (κ3) is 3.67. The molecule has 98 valence electrons. The van der Waals surface area contributed by atoms with Gasteiger partial charge in [0.1, 0.15) is 0 Å². The second-order valence-electron chi connectivity index (χ2n) is 4.11. The zero-order valence-electron chi connectivity index (χ0n) is 10.3. The predicted molar refractivity (Wildman–Crippen MR) is 84.3 cm³/mol. The number of aromatic nitrogens is 1. The van der Waals surface area contributed by atoms with Gasteiger partial charge in [0, 0.05) is 28.1 Å². The van der Waals surface area contributed by atoms with Crippen LogP contribution in [0.25, 0.3) is 0 Å². The number of nitrogens with one attached hydrogen (secondary N) is 1. The molecule has 0 saturated heterocycles. The summed E-state index contributed by atoms with van der Waals surface area (Å²) in [4.78, 5) is 16.0. The van der Waals surface area contributed by atoms with Crippen LogP contribution in [0.2, 0.25) is 5.02 Å². The molecule has 3 nitrogen and oxygen atoms in total. The van der Waals surface area contributed by atoms with Crippen LogP contribution in [0.15, 0.2) is 36.7 Å². The zero-order valence-corrected chi connectivity index (χ0v) is 13.2. The molecule has 0 aliphatic carbocycles. The number of benzene rings is 1. The van der Waals surface area contributed by atoms with E-state index in [0.717, 1.165) is 14.7 Å². The van der Waals surface area contributed by atoms with E-state index < -0.39 is 0 Å². The summed E-state index contributed by atoms with van der Waals surface area (Å²) in [5.41, 5.74) is 2.68. The van der Waals surface area contributed by atoms with Gasteiger partial charge in [-0.15, -0.1) is 0 Å². The molecular weight excluding hydrogens is 375 g/mol. The van der Waals surface area contributed by atoms with Crippen molar-refractivity contribution in [2.75, 3.05) is 0 Å². The molecule has 2 rings (SSSR count). The van der Waals surface area contributed by atoms with Crippen LogP contribution < -0.4 is 5.32 Å². The van der Waals surface area contributed by atoms with Crippen molar-refractivity contribution in [3.05, 3.63) is 61.9 Å². The van der Waals surface area contributed by atoms with Crippen LogP contribution in [-0.2, 0) is 6.54 Å². The van der Waals surface area contributed by atoms with Crippen molar-refractivity contribution >= 4 is 40.1 Å². The normalized spacial score (nSPS) is 10.3. The van der Waals surface area contributed by atoms with Crippen molar-refractivity contribution in [1.29, 1.82) is 0 Å². The highest BCUT2D eigenvalue weighted by molar-refractivity contribution is 14.1. The monoisotopic (exact) mass is 386 g/mol. The highest BCUT2D eigenvalue weighted by Crippen LogP contribution is 2.19. The molecule has 5 heteroatoms. The first kappa shape index (κ1) is 14.3. The zero-order chi connectivity index (χ0) is 13.8. The topological polar surface area (TPSA) is 42.0 Å². The summed E-state index contributed by atoms with van der Waals surface area (Å²) in [6.45, 7) is 2.45. The number of carbonyl (C=O) groups is 1. The van der Waals surface area contributed by atoms with E-state index in [-0.39, 0.29) is 5.91 Å². The van der Waals surface area contributed by atoms with Gasteiger partial charge in [-0.1, -0.05) is 11.6 Å². The first-order chi connectivity index (χ1) is 9.08. The summed E-state index contributed by atoms with van der Waals surface area (Å²) in [5, 5.41) is 3.45. The second kappa shape index (κ2) is 6.34. The summed E-state index contributed by atoms with van der Waals surface area (Å²) in [6, 6.07) is 7.18. The average molecular weight is 387 g/mol. The Balaban J connectivity index is 2.05. The summed E-state index contributed by atoms with van der Waals surface area (Å²) < 4.78 is 0.930. The molecule has 0 radical (unpaired) electrons. The van der Waals surface area contributed by atoms with Crippen LogP contribution in [0.5, 0.6) is 0 Å². The Hall–Kier alpha value is -1.14. The van der Waals surface area contributed by atoms with E-state index in [0.29, 0.717) is 17.1 Å². The Bertz CT molecular complexity index is 616. The number of pyridine rings is 1. The molecule has 1 amide bonds. The van der Waals surface area contributed by atoms with Gasteiger partial charge < -0.3 is 5.32 Å². The molecule has 0 unspecified atom stereocenters. The number of rotatable bonds is 3. The minimum atomic E-state index is -0.137. The van der Waals surface area contributed by atoms with Crippen molar-refractivity contribution in [3.63, 3.8) is 0 Å². The number of hydrogen-bond acceptors (Lipinski definition) is 2. The van der Waals surface area contributed by atoms with Crippen LogP contribution in [0.4, 0.5) is 0 Å². The van der Waals surface area contributed by atoms with E-state index in [1.165, 1.54) is 0 Å². The lowest BCUT2D eigenvalue weighted by atomic mass is 10.1. The minimum absolute atomic E-state index is 0.137. The molecule has 2 aromatic rings. The van der Waals surface area contributed by atoms with Crippen molar-refractivity contribution in [3.8, 4) is 0 Å². The molecule has 0 fully saturated rings. The number of amides is 1. The summed E-state index contributed by atoms with van der Waals surface area (Å²) >= 11 is 8.13. The van der Waals surface area contributed by atoms with Gasteiger partial charge in [-0.25, -0.2) is 0 Å². The summed E-state index contributed by atoms with van der Waals surface area (Å²) in [6.07, 6.45) is 3.50. The van der Waals surface area contributed by atoms with E-state index in [1.807, 2.05) is 19.1 Å². The fourth-order valence-corrected chi connectivity index (χ4v) is 2.11. The first-order valence-electron chi connectivity index (χ1n) is 5.70. The third-order valence-electron chi connectivity index (χ3n) is 2.77. The van der Waals surface area contributed by atoms with Crippen molar-refractivity contribution in [2.45, 2.75) is 13.5 Å². The van der Waals surface area contributed by atoms with E-state index in [4.69, 9.17) is 11.6 Å². The molecule has 19 heavy (non-hydrogen) atoms. The first-order valence-corrected chi connectivity index (χ1v) is 7.16. The van der Waals surface area contributed by atoms with Crippen molar-refractivity contribution in [1.82, 2.24) is 10.3 Å². The van der Waals surface area contributed by atoms with Crippen LogP contribution >= 0.6 is 34.2 Å². The van der Waals surface area contributed by atoms with E-state index in [1.54, 1.807) is 24.5 Å². The molecule has 0 aliphatic heterocycles. The van der Waals surface area contributed by atoms with E-state index in [2.05, 4.69) is 32.9 Å². The van der Waals surface area contributed by atoms with Gasteiger partial charge in [0.15, 0.2) is 0 Å². The smallest absolute Gasteiger partial charge is 0.251 e. The highest BCUT2D eigenvalue weighted by Gasteiger charge is 2.08. The lowest BCUT2D eigenvalue weighted by Gasteiger charge is -2.08. The lowest BCUT2D eigenvalue weighted by molar-refractivity contribution is 0.0951. The summed E-state index contributed by atoms with van der Waals surface area (Å²) in [7, 11) is 0. The largest absolute Gasteiger partial charge is 0.348 e. The van der Waals surface area contributed by atoms with Crippen LogP contribution in [0, 0.1) is 10.5 Å². The molecule has 0 atom stereocenters. The van der Waals surface area contributed by atoms with Gasteiger partial charge in [-0.05, 0) is 64.9 Å². The quantitative estimate of drug-likeness (QED) is 0.819. The Morgan fingerprint density at radius 2 is 2.21 bits per heavy atom. The van der Waals surface area contributed by atoms with Crippen LogP contribution in [0.3, 0.4) is 0 Å². The molecular formula is C14H12ClIN2O. The Labute approximate surface area is 130 Å². The van der Waals surface area contributed by atoms with Gasteiger partial charge in [-0.3, -0.25) is 9.78 Å². The Morgan fingerprint density at radius 3 is 2.89 bits per heavy atom. The lowest BCUT2D eigenvalue weighted by Crippen LogP contribution is -2.23. The maximum absolute atomic E-state index is 12.0. The molecule has 0 bridgehead atoms. The number of nitrogens with zero attached hydrogens (tertiary/aromatic N) is 1. The average Bonchev–Trinajstić information content (AvgIpc) is 2.40. The fourth-order valence-electron chi connectivity index (χ4n) is 1.60. The maximum Gasteiger partial charge on any atom is 0.251 e. The fraction of sp³-hybridized carbons (Fsp3) is 0.143. The van der Waals surface area contributed by atoms with Gasteiger partial charge in [0.05, 0.1) is 5.02 Å². The van der Waals surface area contributed by atoms with E-state index in [9.17, 15) is 4.79 Å². The molecule has 1 N–H and O–H groups in total. The molecule has 0 aliphatic rings. The highest BCUT2D eigenvalue weighted by atomic mass is 127. The molecule has 1 aromatic heterocycles. The third-order valence-corrected chi connectivity index (χ3v) is 4.34. The van der Waals surface area contributed by atoms with Gasteiger partial charge >= 0.3 is 0 Å². The second-order valence-corrected chi connectivity index (χ2v) is 5.68. The molecule has 1 aromatic carbocycles. The van der Waals surface area contributed by atoms with Crippen molar-refractivity contribution in [2.24, 2.45) is 0 Å².